The number of hydrogen-bond donors (Lipinski definition) is 0. The van der Waals surface area contributed by atoms with Gasteiger partial charge in [-0.05, 0) is 29.3 Å². The molecule has 0 radical (unpaired) electrons. The van der Waals surface area contributed by atoms with Crippen LogP contribution in [0.2, 0.25) is 0 Å². The molecular weight excluding hydrogens is 349 g/mol. The number of halogens is 8. The average molecular weight is 353 g/mol. The number of rotatable bonds is 3. The molecule has 8 heteroatoms. The third kappa shape index (κ3) is 3.00. The summed E-state index contributed by atoms with van der Waals surface area (Å²) < 4.78 is 76.8. The lowest BCUT2D eigenvalue weighted by molar-refractivity contribution is -0.116. The minimum absolute atomic E-state index is 0.187. The Hall–Kier alpha value is -0.690. The predicted octanol–water partition coefficient (Wildman–Crippen LogP) is 5.52. The normalized spacial score (nSPS) is 12.4. The molecule has 0 bridgehead atoms. The Morgan fingerprint density at radius 2 is 1.67 bits per heavy atom. The van der Waals surface area contributed by atoms with Gasteiger partial charge in [0.15, 0.2) is 0 Å². The SMILES string of the molecule is FC(F)=C(c1cccc(Br)c1)C(F)(F)C(F)(F)Cl. The summed E-state index contributed by atoms with van der Waals surface area (Å²) in [4.78, 5) is 0. The second-order valence-electron chi connectivity index (χ2n) is 3.22. The maximum atomic E-state index is 13.2. The number of alkyl halides is 5. The first-order valence-electron chi connectivity index (χ1n) is 4.33. The second kappa shape index (κ2) is 5.13. The van der Waals surface area contributed by atoms with Gasteiger partial charge in [0.25, 0.3) is 6.08 Å². The van der Waals surface area contributed by atoms with Crippen LogP contribution in [0.25, 0.3) is 5.57 Å². The van der Waals surface area contributed by atoms with Gasteiger partial charge in [0.1, 0.15) is 5.57 Å². The highest BCUT2D eigenvalue weighted by Gasteiger charge is 2.59. The molecule has 100 valence electrons. The Bertz CT molecular complexity index is 476. The fourth-order valence-corrected chi connectivity index (χ4v) is 1.69. The van der Waals surface area contributed by atoms with Crippen LogP contribution >= 0.6 is 27.5 Å². The first kappa shape index (κ1) is 15.4. The minimum Gasteiger partial charge on any atom is -0.192 e. The van der Waals surface area contributed by atoms with Crippen molar-refractivity contribution < 1.29 is 26.3 Å². The zero-order valence-electron chi connectivity index (χ0n) is 8.33. The van der Waals surface area contributed by atoms with Crippen molar-refractivity contribution in [3.05, 3.63) is 40.4 Å². The molecule has 0 aliphatic heterocycles. The van der Waals surface area contributed by atoms with Gasteiger partial charge in [0.2, 0.25) is 0 Å². The molecule has 0 saturated heterocycles. The topological polar surface area (TPSA) is 0 Å². The zero-order valence-corrected chi connectivity index (χ0v) is 10.7. The molecule has 0 spiro atoms. The van der Waals surface area contributed by atoms with Crippen LogP contribution in [0.5, 0.6) is 0 Å². The van der Waals surface area contributed by atoms with Gasteiger partial charge in [0.05, 0.1) is 0 Å². The van der Waals surface area contributed by atoms with E-state index in [9.17, 15) is 26.3 Å². The highest BCUT2D eigenvalue weighted by molar-refractivity contribution is 9.10. The van der Waals surface area contributed by atoms with Gasteiger partial charge in [-0.3, -0.25) is 0 Å². The molecule has 18 heavy (non-hydrogen) atoms. The molecule has 0 saturated carbocycles. The molecule has 0 N–H and O–H groups in total. The minimum atomic E-state index is -5.19. The molecule has 0 aliphatic rings. The number of allylic oxidation sites excluding steroid dienone is 1. The third-order valence-corrected chi connectivity index (χ3v) is 2.70. The molecule has 1 aromatic rings. The van der Waals surface area contributed by atoms with E-state index in [1.165, 1.54) is 6.07 Å². The van der Waals surface area contributed by atoms with Gasteiger partial charge in [-0.25, -0.2) is 0 Å². The van der Waals surface area contributed by atoms with Crippen molar-refractivity contribution in [2.75, 3.05) is 0 Å². The maximum Gasteiger partial charge on any atom is 0.388 e. The summed E-state index contributed by atoms with van der Waals surface area (Å²) in [7, 11) is 0. The molecule has 0 heterocycles. The van der Waals surface area contributed by atoms with Crippen LogP contribution in [0, 0.1) is 0 Å². The van der Waals surface area contributed by atoms with Crippen LogP contribution in [0.1, 0.15) is 5.56 Å². The van der Waals surface area contributed by atoms with E-state index in [4.69, 9.17) is 0 Å². The third-order valence-electron chi connectivity index (χ3n) is 1.97. The summed E-state index contributed by atoms with van der Waals surface area (Å²) in [6, 6.07) is 4.25. The molecular formula is C10H4BrClF6. The molecule has 0 aromatic heterocycles. The van der Waals surface area contributed by atoms with Crippen LogP contribution in [0.4, 0.5) is 26.3 Å². The van der Waals surface area contributed by atoms with Crippen molar-refractivity contribution >= 4 is 33.1 Å². The van der Waals surface area contributed by atoms with Gasteiger partial charge in [-0.2, -0.15) is 26.3 Å². The Morgan fingerprint density at radius 3 is 2.06 bits per heavy atom. The molecule has 0 amide bonds. The van der Waals surface area contributed by atoms with Gasteiger partial charge < -0.3 is 0 Å². The molecule has 1 aromatic carbocycles. The van der Waals surface area contributed by atoms with Crippen molar-refractivity contribution in [2.45, 2.75) is 11.3 Å². The second-order valence-corrected chi connectivity index (χ2v) is 4.61. The van der Waals surface area contributed by atoms with E-state index < -0.39 is 28.5 Å². The molecule has 0 fully saturated rings. The van der Waals surface area contributed by atoms with E-state index in [-0.39, 0.29) is 4.47 Å². The summed E-state index contributed by atoms with van der Waals surface area (Å²) >= 11 is 7.05. The van der Waals surface area contributed by atoms with Crippen molar-refractivity contribution in [3.63, 3.8) is 0 Å². The highest BCUT2D eigenvalue weighted by Crippen LogP contribution is 2.48. The van der Waals surface area contributed by atoms with Gasteiger partial charge >= 0.3 is 11.3 Å². The van der Waals surface area contributed by atoms with E-state index in [1.54, 1.807) is 0 Å². The van der Waals surface area contributed by atoms with Crippen molar-refractivity contribution in [3.8, 4) is 0 Å². The Balaban J connectivity index is 3.44. The van der Waals surface area contributed by atoms with E-state index in [2.05, 4.69) is 27.5 Å². The average Bonchev–Trinajstić information content (AvgIpc) is 2.14. The first-order valence-corrected chi connectivity index (χ1v) is 5.50. The molecule has 0 nitrogen and oxygen atoms in total. The molecule has 0 atom stereocenters. The van der Waals surface area contributed by atoms with Crippen LogP contribution in [0.15, 0.2) is 34.8 Å². The fraction of sp³-hybridized carbons (Fsp3) is 0.200. The summed E-state index contributed by atoms with van der Waals surface area (Å²) in [5.41, 5.74) is -2.83. The Kier molecular flexibility index (Phi) is 4.38. The summed E-state index contributed by atoms with van der Waals surface area (Å²) in [5, 5.41) is -5.12. The van der Waals surface area contributed by atoms with Gasteiger partial charge in [-0.1, -0.05) is 28.1 Å². The lowest BCUT2D eigenvalue weighted by Crippen LogP contribution is -2.37. The summed E-state index contributed by atoms with van der Waals surface area (Å²) in [5.74, 6) is -5.19. The standard InChI is InChI=1S/C10H4BrClF6/c11-6-3-1-2-5(4-6)7(8(13)14)9(15,16)10(12,17)18/h1-4H. The molecule has 1 rings (SSSR count). The quantitative estimate of drug-likeness (QED) is 0.495. The van der Waals surface area contributed by atoms with Crippen LogP contribution in [0.3, 0.4) is 0 Å². The number of benzene rings is 1. The molecule has 0 aliphatic carbocycles. The monoisotopic (exact) mass is 352 g/mol. The lowest BCUT2D eigenvalue weighted by atomic mass is 10.0. The van der Waals surface area contributed by atoms with Crippen LogP contribution in [-0.2, 0) is 0 Å². The van der Waals surface area contributed by atoms with Crippen LogP contribution in [-0.4, -0.2) is 11.3 Å². The van der Waals surface area contributed by atoms with Crippen molar-refractivity contribution in [1.29, 1.82) is 0 Å². The van der Waals surface area contributed by atoms with Gasteiger partial charge in [-0.15, -0.1) is 0 Å². The van der Waals surface area contributed by atoms with Crippen molar-refractivity contribution in [2.24, 2.45) is 0 Å². The van der Waals surface area contributed by atoms with Gasteiger partial charge in [0, 0.05) is 4.47 Å². The lowest BCUT2D eigenvalue weighted by Gasteiger charge is -2.23. The number of hydrogen-bond acceptors (Lipinski definition) is 0. The van der Waals surface area contributed by atoms with Crippen molar-refractivity contribution in [1.82, 2.24) is 0 Å². The predicted molar refractivity (Wildman–Crippen MR) is 59.0 cm³/mol. The zero-order chi connectivity index (χ0) is 14.1. The van der Waals surface area contributed by atoms with E-state index in [1.807, 2.05) is 0 Å². The fourth-order valence-electron chi connectivity index (χ4n) is 1.19. The maximum absolute atomic E-state index is 13.2. The Labute approximate surface area is 111 Å². The van der Waals surface area contributed by atoms with E-state index in [0.29, 0.717) is 0 Å². The highest BCUT2D eigenvalue weighted by atomic mass is 79.9. The first-order chi connectivity index (χ1) is 8.07. The summed E-state index contributed by atoms with van der Waals surface area (Å²) in [6.45, 7) is 0. The molecule has 0 unspecified atom stereocenters. The smallest absolute Gasteiger partial charge is 0.192 e. The van der Waals surface area contributed by atoms with Crippen LogP contribution < -0.4 is 0 Å². The van der Waals surface area contributed by atoms with E-state index >= 15 is 0 Å². The van der Waals surface area contributed by atoms with E-state index in [0.717, 1.165) is 18.2 Å². The Morgan fingerprint density at radius 1 is 1.11 bits per heavy atom. The largest absolute Gasteiger partial charge is 0.388 e. The summed E-state index contributed by atoms with van der Waals surface area (Å²) in [6.07, 6.45) is -2.92.